The van der Waals surface area contributed by atoms with Gasteiger partial charge in [0.15, 0.2) is 5.75 Å². The van der Waals surface area contributed by atoms with E-state index in [9.17, 15) is 14.7 Å². The van der Waals surface area contributed by atoms with Crippen LogP contribution in [0.3, 0.4) is 0 Å². The number of rotatable bonds is 2. The topological polar surface area (TPSA) is 83.6 Å². The molecule has 5 nitrogen and oxygen atoms in total. The molecule has 1 aliphatic rings. The van der Waals surface area contributed by atoms with Crippen LogP contribution in [0.1, 0.15) is 6.42 Å². The second-order valence-electron chi connectivity index (χ2n) is 4.07. The monoisotopic (exact) mass is 288 g/mol. The molecule has 2 amide bonds. The summed E-state index contributed by atoms with van der Waals surface area (Å²) >= 11 is 11.6. The zero-order valence-corrected chi connectivity index (χ0v) is 10.7. The Morgan fingerprint density at radius 2 is 1.94 bits per heavy atom. The molecule has 0 unspecified atom stereocenters. The fourth-order valence-corrected chi connectivity index (χ4v) is 2.33. The fraction of sp³-hybridized carbons (Fsp3) is 0.273. The van der Waals surface area contributed by atoms with Crippen molar-refractivity contribution in [3.8, 4) is 5.75 Å². The lowest BCUT2D eigenvalue weighted by Gasteiger charge is -2.17. The van der Waals surface area contributed by atoms with Crippen LogP contribution >= 0.6 is 23.2 Å². The number of benzene rings is 1. The number of nitrogens with two attached hydrogens (primary N) is 1. The third kappa shape index (κ3) is 2.23. The Labute approximate surface area is 113 Å². The quantitative estimate of drug-likeness (QED) is 0.866. The van der Waals surface area contributed by atoms with Gasteiger partial charge in [-0.25, -0.2) is 0 Å². The van der Waals surface area contributed by atoms with Gasteiger partial charge in [-0.1, -0.05) is 23.2 Å². The van der Waals surface area contributed by atoms with E-state index in [-0.39, 0.29) is 34.7 Å². The van der Waals surface area contributed by atoms with Gasteiger partial charge in [0.25, 0.3) is 0 Å². The lowest BCUT2D eigenvalue weighted by molar-refractivity contribution is -0.123. The van der Waals surface area contributed by atoms with Crippen molar-refractivity contribution in [2.45, 2.75) is 6.42 Å². The largest absolute Gasteiger partial charge is 0.505 e. The van der Waals surface area contributed by atoms with E-state index < -0.39 is 11.8 Å². The Hall–Kier alpha value is -1.46. The summed E-state index contributed by atoms with van der Waals surface area (Å²) in [5, 5.41) is 9.54. The number of carbonyl (C=O) groups excluding carboxylic acids is 2. The molecule has 1 aliphatic heterocycles. The highest BCUT2D eigenvalue weighted by atomic mass is 35.5. The molecule has 1 atom stereocenters. The molecule has 0 spiro atoms. The number of phenols is 1. The predicted molar refractivity (Wildman–Crippen MR) is 67.8 cm³/mol. The zero-order chi connectivity index (χ0) is 13.4. The zero-order valence-electron chi connectivity index (χ0n) is 9.19. The van der Waals surface area contributed by atoms with Gasteiger partial charge >= 0.3 is 0 Å². The van der Waals surface area contributed by atoms with E-state index in [0.29, 0.717) is 5.69 Å². The van der Waals surface area contributed by atoms with E-state index in [1.165, 1.54) is 17.0 Å². The summed E-state index contributed by atoms with van der Waals surface area (Å²) in [5.74, 6) is -1.48. The number of phenolic OH excluding ortho intramolecular Hbond substituents is 1. The maximum absolute atomic E-state index is 11.8. The Kier molecular flexibility index (Phi) is 3.36. The van der Waals surface area contributed by atoms with Crippen LogP contribution in [0.25, 0.3) is 0 Å². The summed E-state index contributed by atoms with van der Waals surface area (Å²) in [6.07, 6.45) is 0.0748. The Morgan fingerprint density at radius 3 is 2.39 bits per heavy atom. The van der Waals surface area contributed by atoms with Crippen molar-refractivity contribution >= 4 is 40.7 Å². The SMILES string of the molecule is NC(=O)[C@H]1CC(=O)N(c2cc(Cl)c(O)c(Cl)c2)C1. The molecule has 1 aromatic rings. The number of halogens is 2. The van der Waals surface area contributed by atoms with Crippen LogP contribution in [0.4, 0.5) is 5.69 Å². The lowest BCUT2D eigenvalue weighted by atomic mass is 10.1. The summed E-state index contributed by atoms with van der Waals surface area (Å²) < 4.78 is 0. The van der Waals surface area contributed by atoms with E-state index in [2.05, 4.69) is 0 Å². The maximum atomic E-state index is 11.8. The van der Waals surface area contributed by atoms with Gasteiger partial charge in [-0.15, -0.1) is 0 Å². The average molecular weight is 289 g/mol. The molecule has 1 saturated heterocycles. The van der Waals surface area contributed by atoms with Crippen molar-refractivity contribution in [2.75, 3.05) is 11.4 Å². The summed E-state index contributed by atoms with van der Waals surface area (Å²) in [5.41, 5.74) is 5.62. The van der Waals surface area contributed by atoms with E-state index in [1.807, 2.05) is 0 Å². The molecule has 0 bridgehead atoms. The summed E-state index contributed by atoms with van der Waals surface area (Å²) in [7, 11) is 0. The third-order valence-electron chi connectivity index (χ3n) is 2.84. The number of carbonyl (C=O) groups is 2. The highest BCUT2D eigenvalue weighted by Crippen LogP contribution is 2.37. The van der Waals surface area contributed by atoms with Gasteiger partial charge in [-0.3, -0.25) is 9.59 Å². The van der Waals surface area contributed by atoms with Gasteiger partial charge in [0.2, 0.25) is 11.8 Å². The van der Waals surface area contributed by atoms with Gasteiger partial charge in [-0.05, 0) is 12.1 Å². The molecular weight excluding hydrogens is 279 g/mol. The number of hydrogen-bond acceptors (Lipinski definition) is 3. The molecule has 1 heterocycles. The summed E-state index contributed by atoms with van der Waals surface area (Å²) in [6.45, 7) is 0.200. The van der Waals surface area contributed by atoms with Crippen molar-refractivity contribution in [3.05, 3.63) is 22.2 Å². The maximum Gasteiger partial charge on any atom is 0.227 e. The smallest absolute Gasteiger partial charge is 0.227 e. The van der Waals surface area contributed by atoms with Crippen LogP contribution in [0, 0.1) is 5.92 Å². The minimum Gasteiger partial charge on any atom is -0.505 e. The van der Waals surface area contributed by atoms with Gasteiger partial charge < -0.3 is 15.7 Å². The molecule has 2 rings (SSSR count). The first-order valence-corrected chi connectivity index (χ1v) is 5.93. The lowest BCUT2D eigenvalue weighted by Crippen LogP contribution is -2.28. The minimum absolute atomic E-state index is 0.0489. The van der Waals surface area contributed by atoms with Crippen molar-refractivity contribution in [2.24, 2.45) is 11.7 Å². The van der Waals surface area contributed by atoms with Crippen molar-refractivity contribution in [1.29, 1.82) is 0 Å². The number of nitrogens with zero attached hydrogens (tertiary/aromatic N) is 1. The molecule has 1 fully saturated rings. The second kappa shape index (κ2) is 4.66. The molecule has 0 aliphatic carbocycles. The second-order valence-corrected chi connectivity index (χ2v) is 4.88. The molecule has 0 aromatic heterocycles. The van der Waals surface area contributed by atoms with Gasteiger partial charge in [0.1, 0.15) is 0 Å². The molecule has 0 radical (unpaired) electrons. The van der Waals surface area contributed by atoms with Crippen molar-refractivity contribution in [3.63, 3.8) is 0 Å². The Morgan fingerprint density at radius 1 is 1.39 bits per heavy atom. The third-order valence-corrected chi connectivity index (χ3v) is 3.42. The first-order valence-electron chi connectivity index (χ1n) is 5.18. The minimum atomic E-state index is -0.512. The van der Waals surface area contributed by atoms with Gasteiger partial charge in [0.05, 0.1) is 16.0 Å². The molecule has 3 N–H and O–H groups in total. The Balaban J connectivity index is 2.33. The van der Waals surface area contributed by atoms with E-state index in [0.717, 1.165) is 0 Å². The highest BCUT2D eigenvalue weighted by molar-refractivity contribution is 6.37. The highest BCUT2D eigenvalue weighted by Gasteiger charge is 2.34. The normalized spacial score (nSPS) is 19.3. The molecular formula is C11H10Cl2N2O3. The molecule has 96 valence electrons. The number of anilines is 1. The van der Waals surface area contributed by atoms with Gasteiger partial charge in [0, 0.05) is 18.7 Å². The number of aromatic hydroxyl groups is 1. The molecule has 1 aromatic carbocycles. The van der Waals surface area contributed by atoms with Crippen molar-refractivity contribution in [1.82, 2.24) is 0 Å². The van der Waals surface area contributed by atoms with Crippen LogP contribution in [0.5, 0.6) is 5.75 Å². The molecule has 7 heteroatoms. The summed E-state index contributed by atoms with van der Waals surface area (Å²) in [6, 6.07) is 2.84. The van der Waals surface area contributed by atoms with E-state index in [4.69, 9.17) is 28.9 Å². The number of hydrogen-bond donors (Lipinski definition) is 2. The van der Waals surface area contributed by atoms with Crippen LogP contribution in [0.2, 0.25) is 10.0 Å². The first kappa shape index (κ1) is 13.0. The van der Waals surface area contributed by atoms with Gasteiger partial charge in [-0.2, -0.15) is 0 Å². The summed E-state index contributed by atoms with van der Waals surface area (Å²) in [4.78, 5) is 24.2. The number of amides is 2. The molecule has 18 heavy (non-hydrogen) atoms. The molecule has 0 saturated carbocycles. The first-order chi connectivity index (χ1) is 8.40. The van der Waals surface area contributed by atoms with Crippen LogP contribution in [-0.4, -0.2) is 23.5 Å². The van der Waals surface area contributed by atoms with E-state index >= 15 is 0 Å². The van der Waals surface area contributed by atoms with E-state index in [1.54, 1.807) is 0 Å². The van der Waals surface area contributed by atoms with Crippen LogP contribution in [-0.2, 0) is 9.59 Å². The van der Waals surface area contributed by atoms with Crippen molar-refractivity contribution < 1.29 is 14.7 Å². The standard InChI is InChI=1S/C11H10Cl2N2O3/c12-7-2-6(3-8(13)10(7)17)15-4-5(11(14)18)1-9(15)16/h2-3,5,17H,1,4H2,(H2,14,18)/t5-/m0/s1. The van der Waals surface area contributed by atoms with Crippen LogP contribution in [0.15, 0.2) is 12.1 Å². The predicted octanol–water partition coefficient (Wildman–Crippen LogP) is 1.54. The average Bonchev–Trinajstić information content (AvgIpc) is 2.68. The fourth-order valence-electron chi connectivity index (χ4n) is 1.86. The van der Waals surface area contributed by atoms with Crippen LogP contribution < -0.4 is 10.6 Å². The number of primary amides is 1. The Bertz CT molecular complexity index is 510.